The first-order chi connectivity index (χ1) is 11.2. The minimum absolute atomic E-state index is 0.00157. The zero-order valence-electron chi connectivity index (χ0n) is 13.1. The van der Waals surface area contributed by atoms with Crippen molar-refractivity contribution in [3.05, 3.63) is 47.5 Å². The minimum Gasteiger partial charge on any atom is -0.495 e. The van der Waals surface area contributed by atoms with Crippen LogP contribution in [0.4, 0.5) is 5.69 Å². The summed E-state index contributed by atoms with van der Waals surface area (Å²) >= 11 is 0. The molecule has 1 aliphatic carbocycles. The highest BCUT2D eigenvalue weighted by atomic mass is 16.5. The number of aromatic nitrogens is 2. The van der Waals surface area contributed by atoms with E-state index >= 15 is 0 Å². The molecule has 0 aliphatic heterocycles. The number of nitrogens with zero attached hydrogens (tertiary/aromatic N) is 2. The average Bonchev–Trinajstić information content (AvgIpc) is 2.61. The fraction of sp³-hybridized carbons (Fsp3) is 0.353. The van der Waals surface area contributed by atoms with Gasteiger partial charge in [-0.2, -0.15) is 0 Å². The van der Waals surface area contributed by atoms with Crippen LogP contribution in [0.2, 0.25) is 0 Å². The summed E-state index contributed by atoms with van der Waals surface area (Å²) in [5, 5.41) is 2.97. The maximum absolute atomic E-state index is 12.6. The number of nitrogens with one attached hydrogen (secondary N) is 1. The van der Waals surface area contributed by atoms with Gasteiger partial charge in [-0.1, -0.05) is 6.07 Å². The number of rotatable bonds is 4. The molecule has 23 heavy (non-hydrogen) atoms. The van der Waals surface area contributed by atoms with Gasteiger partial charge in [-0.3, -0.25) is 4.79 Å². The fourth-order valence-corrected chi connectivity index (χ4v) is 2.88. The highest BCUT2D eigenvalue weighted by molar-refractivity contribution is 5.94. The molecule has 1 aromatic heterocycles. The minimum atomic E-state index is -0.0765. The van der Waals surface area contributed by atoms with Gasteiger partial charge in [0.1, 0.15) is 12.1 Å². The second-order valence-corrected chi connectivity index (χ2v) is 5.66. The van der Waals surface area contributed by atoms with Crippen LogP contribution in [-0.2, 0) is 24.2 Å². The lowest BCUT2D eigenvalue weighted by Crippen LogP contribution is -2.28. The molecule has 0 spiro atoms. The van der Waals surface area contributed by atoms with Crippen molar-refractivity contribution < 1.29 is 9.53 Å². The van der Waals surface area contributed by atoms with Crippen molar-refractivity contribution >= 4 is 11.6 Å². The second-order valence-electron chi connectivity index (χ2n) is 5.66. The first-order valence-corrected chi connectivity index (χ1v) is 7.67. The monoisotopic (exact) mass is 312 g/mol. The van der Waals surface area contributed by atoms with Gasteiger partial charge in [0.25, 0.3) is 0 Å². The highest BCUT2D eigenvalue weighted by Crippen LogP contribution is 2.28. The lowest BCUT2D eigenvalue weighted by atomic mass is 9.86. The number of carbonyl (C=O) groups is 1. The van der Waals surface area contributed by atoms with Gasteiger partial charge in [0.15, 0.2) is 0 Å². The molecule has 1 amide bonds. The molecule has 0 saturated carbocycles. The molecular weight excluding hydrogens is 292 g/mol. The van der Waals surface area contributed by atoms with E-state index in [4.69, 9.17) is 10.5 Å². The predicted molar refractivity (Wildman–Crippen MR) is 87.1 cm³/mol. The van der Waals surface area contributed by atoms with Crippen LogP contribution in [0.25, 0.3) is 0 Å². The fourth-order valence-electron chi connectivity index (χ4n) is 2.88. The van der Waals surface area contributed by atoms with Crippen LogP contribution in [0.3, 0.4) is 0 Å². The topological polar surface area (TPSA) is 90.1 Å². The van der Waals surface area contributed by atoms with Gasteiger partial charge >= 0.3 is 0 Å². The number of hydrogen-bond acceptors (Lipinski definition) is 5. The van der Waals surface area contributed by atoms with E-state index in [-0.39, 0.29) is 11.8 Å². The molecule has 6 heteroatoms. The van der Waals surface area contributed by atoms with Crippen molar-refractivity contribution in [2.75, 3.05) is 12.4 Å². The van der Waals surface area contributed by atoms with Crippen LogP contribution in [-0.4, -0.2) is 23.0 Å². The van der Waals surface area contributed by atoms with Crippen molar-refractivity contribution in [3.8, 4) is 5.75 Å². The molecule has 1 heterocycles. The second kappa shape index (κ2) is 6.75. The summed E-state index contributed by atoms with van der Waals surface area (Å²) in [4.78, 5) is 20.9. The number of methoxy groups -OCH3 is 1. The number of amides is 1. The Kier molecular flexibility index (Phi) is 4.52. The summed E-state index contributed by atoms with van der Waals surface area (Å²) in [6, 6.07) is 5.57. The van der Waals surface area contributed by atoms with E-state index in [2.05, 4.69) is 15.3 Å². The Hall–Kier alpha value is -2.47. The molecule has 0 saturated heterocycles. The van der Waals surface area contributed by atoms with Gasteiger partial charge in [0, 0.05) is 24.4 Å². The number of anilines is 1. The lowest BCUT2D eigenvalue weighted by molar-refractivity contribution is -0.120. The number of benzene rings is 1. The first-order valence-electron chi connectivity index (χ1n) is 7.67. The average molecular weight is 312 g/mol. The summed E-state index contributed by atoms with van der Waals surface area (Å²) in [5.74, 6) is 0.548. The zero-order chi connectivity index (χ0) is 16.2. The van der Waals surface area contributed by atoms with E-state index in [0.717, 1.165) is 29.7 Å². The van der Waals surface area contributed by atoms with E-state index in [1.807, 2.05) is 18.2 Å². The molecule has 1 atom stereocenters. The molecule has 6 nitrogen and oxygen atoms in total. The Balaban J connectivity index is 1.73. The molecule has 120 valence electrons. The standard InChI is InChI=1S/C17H20N4O2/c1-23-16-6-11(8-18)2-4-15(16)21-17(22)12-3-5-14-13(7-12)9-19-10-20-14/h2,4,6,9-10,12H,3,5,7-8,18H2,1H3,(H,21,22). The van der Waals surface area contributed by atoms with Crippen LogP contribution >= 0.6 is 0 Å². The Morgan fingerprint density at radius 3 is 3.13 bits per heavy atom. The van der Waals surface area contributed by atoms with E-state index in [1.165, 1.54) is 0 Å². The Bertz CT molecular complexity index is 717. The van der Waals surface area contributed by atoms with Gasteiger partial charge in [0.05, 0.1) is 12.8 Å². The summed E-state index contributed by atoms with van der Waals surface area (Å²) in [7, 11) is 1.58. The number of hydrogen-bond donors (Lipinski definition) is 2. The summed E-state index contributed by atoms with van der Waals surface area (Å²) in [6.07, 6.45) is 5.63. The van der Waals surface area contributed by atoms with Crippen molar-refractivity contribution in [2.45, 2.75) is 25.8 Å². The summed E-state index contributed by atoms with van der Waals surface area (Å²) in [5.41, 5.74) is 9.37. The number of carbonyl (C=O) groups excluding carboxylic acids is 1. The maximum Gasteiger partial charge on any atom is 0.227 e. The normalized spacial score (nSPS) is 16.5. The Morgan fingerprint density at radius 1 is 1.48 bits per heavy atom. The predicted octanol–water partition coefficient (Wildman–Crippen LogP) is 1.69. The summed E-state index contributed by atoms with van der Waals surface area (Å²) in [6.45, 7) is 0.435. The number of fused-ring (bicyclic) bond motifs is 1. The van der Waals surface area contributed by atoms with Crippen LogP contribution in [0.15, 0.2) is 30.7 Å². The van der Waals surface area contributed by atoms with Crippen LogP contribution in [0.5, 0.6) is 5.75 Å². The van der Waals surface area contributed by atoms with Crippen LogP contribution in [0, 0.1) is 5.92 Å². The smallest absolute Gasteiger partial charge is 0.227 e. The molecular formula is C17H20N4O2. The van der Waals surface area contributed by atoms with Crippen molar-refractivity contribution in [1.82, 2.24) is 9.97 Å². The van der Waals surface area contributed by atoms with E-state index in [9.17, 15) is 4.79 Å². The molecule has 1 aromatic carbocycles. The van der Waals surface area contributed by atoms with E-state index in [1.54, 1.807) is 19.6 Å². The van der Waals surface area contributed by atoms with Gasteiger partial charge in [0.2, 0.25) is 5.91 Å². The third-order valence-electron chi connectivity index (χ3n) is 4.21. The quantitative estimate of drug-likeness (QED) is 0.896. The number of nitrogens with two attached hydrogens (primary N) is 1. The molecule has 0 bridgehead atoms. The van der Waals surface area contributed by atoms with Gasteiger partial charge < -0.3 is 15.8 Å². The Labute approximate surface area is 135 Å². The van der Waals surface area contributed by atoms with Crippen molar-refractivity contribution in [2.24, 2.45) is 11.7 Å². The third kappa shape index (κ3) is 3.32. The van der Waals surface area contributed by atoms with E-state index < -0.39 is 0 Å². The molecule has 1 unspecified atom stereocenters. The van der Waals surface area contributed by atoms with Crippen LogP contribution < -0.4 is 15.8 Å². The first kappa shape index (κ1) is 15.4. The zero-order valence-corrected chi connectivity index (χ0v) is 13.1. The number of aryl methyl sites for hydroxylation is 1. The molecule has 0 radical (unpaired) electrons. The van der Waals surface area contributed by atoms with Crippen molar-refractivity contribution in [3.63, 3.8) is 0 Å². The molecule has 1 aliphatic rings. The van der Waals surface area contributed by atoms with Gasteiger partial charge in [-0.05, 0) is 42.5 Å². The van der Waals surface area contributed by atoms with Gasteiger partial charge in [-0.25, -0.2) is 9.97 Å². The third-order valence-corrected chi connectivity index (χ3v) is 4.21. The van der Waals surface area contributed by atoms with E-state index in [0.29, 0.717) is 24.4 Å². The molecule has 3 rings (SSSR count). The number of ether oxygens (including phenoxy) is 1. The SMILES string of the molecule is COc1cc(CN)ccc1NC(=O)C1CCc2ncncc2C1. The maximum atomic E-state index is 12.6. The summed E-state index contributed by atoms with van der Waals surface area (Å²) < 4.78 is 5.34. The largest absolute Gasteiger partial charge is 0.495 e. The van der Waals surface area contributed by atoms with Crippen molar-refractivity contribution in [1.29, 1.82) is 0 Å². The molecule has 2 aromatic rings. The lowest BCUT2D eigenvalue weighted by Gasteiger charge is -2.23. The molecule has 0 fully saturated rings. The van der Waals surface area contributed by atoms with Crippen LogP contribution in [0.1, 0.15) is 23.2 Å². The highest BCUT2D eigenvalue weighted by Gasteiger charge is 2.26. The Morgan fingerprint density at radius 2 is 2.35 bits per heavy atom. The molecule has 3 N–H and O–H groups in total. The van der Waals surface area contributed by atoms with Gasteiger partial charge in [-0.15, -0.1) is 0 Å².